The maximum Gasteiger partial charge on any atom is 0.407 e. The SMILES string of the molecule is C=CCC(C)NC(=O)C(CC(=O)O)NC(=O)OCC1c2ccccc2-c2ccccc21. The molecule has 162 valence electrons. The fourth-order valence-corrected chi connectivity index (χ4v) is 3.82. The zero-order valence-corrected chi connectivity index (χ0v) is 17.3. The fourth-order valence-electron chi connectivity index (χ4n) is 3.82. The molecule has 7 heteroatoms. The van der Waals surface area contributed by atoms with Gasteiger partial charge in [0.1, 0.15) is 12.6 Å². The second kappa shape index (κ2) is 9.93. The summed E-state index contributed by atoms with van der Waals surface area (Å²) < 4.78 is 5.42. The van der Waals surface area contributed by atoms with Crippen LogP contribution in [0.3, 0.4) is 0 Å². The molecular formula is C24H26N2O5. The Labute approximate surface area is 181 Å². The van der Waals surface area contributed by atoms with Crippen molar-refractivity contribution < 1.29 is 24.2 Å². The number of carbonyl (C=O) groups excluding carboxylic acids is 2. The monoisotopic (exact) mass is 422 g/mol. The lowest BCUT2D eigenvalue weighted by Crippen LogP contribution is -2.50. The van der Waals surface area contributed by atoms with Gasteiger partial charge in [0, 0.05) is 12.0 Å². The van der Waals surface area contributed by atoms with E-state index in [1.165, 1.54) is 0 Å². The van der Waals surface area contributed by atoms with E-state index in [2.05, 4.69) is 17.2 Å². The van der Waals surface area contributed by atoms with Gasteiger partial charge >= 0.3 is 12.1 Å². The molecule has 0 heterocycles. The quantitative estimate of drug-likeness (QED) is 0.537. The van der Waals surface area contributed by atoms with Crippen LogP contribution in [0.1, 0.15) is 36.8 Å². The minimum absolute atomic E-state index is 0.0775. The lowest BCUT2D eigenvalue weighted by Gasteiger charge is -2.20. The second-order valence-corrected chi connectivity index (χ2v) is 7.55. The van der Waals surface area contributed by atoms with Crippen molar-refractivity contribution in [3.63, 3.8) is 0 Å². The van der Waals surface area contributed by atoms with Crippen LogP contribution < -0.4 is 10.6 Å². The van der Waals surface area contributed by atoms with Gasteiger partial charge < -0.3 is 20.5 Å². The average Bonchev–Trinajstić information content (AvgIpc) is 3.05. The van der Waals surface area contributed by atoms with E-state index in [0.717, 1.165) is 22.3 Å². The number of carbonyl (C=O) groups is 3. The highest BCUT2D eigenvalue weighted by atomic mass is 16.5. The second-order valence-electron chi connectivity index (χ2n) is 7.55. The van der Waals surface area contributed by atoms with Crippen LogP contribution in [-0.2, 0) is 14.3 Å². The third-order valence-corrected chi connectivity index (χ3v) is 5.24. The molecule has 0 aromatic heterocycles. The van der Waals surface area contributed by atoms with Crippen LogP contribution in [-0.4, -0.2) is 41.8 Å². The van der Waals surface area contributed by atoms with Crippen molar-refractivity contribution in [2.75, 3.05) is 6.61 Å². The number of alkyl carbamates (subject to hydrolysis) is 1. The van der Waals surface area contributed by atoms with Crippen molar-refractivity contribution in [1.29, 1.82) is 0 Å². The van der Waals surface area contributed by atoms with Crippen molar-refractivity contribution in [1.82, 2.24) is 10.6 Å². The summed E-state index contributed by atoms with van der Waals surface area (Å²) in [7, 11) is 0. The van der Waals surface area contributed by atoms with Gasteiger partial charge in [-0.3, -0.25) is 9.59 Å². The number of nitrogens with one attached hydrogen (secondary N) is 2. The first-order valence-corrected chi connectivity index (χ1v) is 10.1. The van der Waals surface area contributed by atoms with E-state index in [0.29, 0.717) is 6.42 Å². The Morgan fingerprint density at radius 3 is 2.19 bits per heavy atom. The summed E-state index contributed by atoms with van der Waals surface area (Å²) in [5, 5.41) is 14.2. The molecule has 7 nitrogen and oxygen atoms in total. The topological polar surface area (TPSA) is 105 Å². The first-order chi connectivity index (χ1) is 14.9. The number of carboxylic acid groups (broad SMARTS) is 1. The van der Waals surface area contributed by atoms with Crippen LogP contribution in [0.25, 0.3) is 11.1 Å². The number of benzene rings is 2. The highest BCUT2D eigenvalue weighted by Crippen LogP contribution is 2.44. The molecule has 2 amide bonds. The molecule has 1 aliphatic carbocycles. The van der Waals surface area contributed by atoms with Crippen molar-refractivity contribution in [2.24, 2.45) is 0 Å². The van der Waals surface area contributed by atoms with E-state index in [-0.39, 0.29) is 18.6 Å². The number of hydrogen-bond donors (Lipinski definition) is 3. The van der Waals surface area contributed by atoms with Gasteiger partial charge in [-0.25, -0.2) is 4.79 Å². The number of rotatable bonds is 9. The first kappa shape index (κ1) is 22.1. The molecule has 2 unspecified atom stereocenters. The molecule has 0 bridgehead atoms. The van der Waals surface area contributed by atoms with Gasteiger partial charge in [-0.1, -0.05) is 54.6 Å². The third-order valence-electron chi connectivity index (χ3n) is 5.24. The molecule has 1 aliphatic rings. The molecule has 2 aromatic rings. The van der Waals surface area contributed by atoms with Gasteiger partial charge in [-0.2, -0.15) is 0 Å². The molecule has 3 N–H and O–H groups in total. The predicted molar refractivity (Wildman–Crippen MR) is 117 cm³/mol. The van der Waals surface area contributed by atoms with Crippen LogP contribution in [0.5, 0.6) is 0 Å². The standard InChI is InChI=1S/C24H26N2O5/c1-3-8-15(2)25-23(29)21(13-22(27)28)26-24(30)31-14-20-18-11-6-4-9-16(18)17-10-5-7-12-19(17)20/h3-7,9-12,15,20-21H,1,8,13-14H2,2H3,(H,25,29)(H,26,30)(H,27,28). The lowest BCUT2D eigenvalue weighted by molar-refractivity contribution is -0.140. The Balaban J connectivity index is 1.66. The van der Waals surface area contributed by atoms with Crippen LogP contribution in [0, 0.1) is 0 Å². The Kier molecular flexibility index (Phi) is 7.07. The zero-order valence-electron chi connectivity index (χ0n) is 17.3. The van der Waals surface area contributed by atoms with Crippen LogP contribution in [0.4, 0.5) is 4.79 Å². The zero-order chi connectivity index (χ0) is 22.4. The fraction of sp³-hybridized carbons (Fsp3) is 0.292. The molecule has 0 aliphatic heterocycles. The summed E-state index contributed by atoms with van der Waals surface area (Å²) >= 11 is 0. The minimum atomic E-state index is -1.24. The number of aliphatic carboxylic acids is 1. The molecular weight excluding hydrogens is 396 g/mol. The maximum atomic E-state index is 12.4. The van der Waals surface area contributed by atoms with Crippen LogP contribution in [0.2, 0.25) is 0 Å². The van der Waals surface area contributed by atoms with Crippen molar-refractivity contribution in [3.05, 3.63) is 72.3 Å². The first-order valence-electron chi connectivity index (χ1n) is 10.1. The van der Waals surface area contributed by atoms with Gasteiger partial charge in [-0.15, -0.1) is 6.58 Å². The van der Waals surface area contributed by atoms with E-state index < -0.39 is 30.4 Å². The summed E-state index contributed by atoms with van der Waals surface area (Å²) in [5.74, 6) is -1.90. The van der Waals surface area contributed by atoms with Crippen molar-refractivity contribution in [3.8, 4) is 11.1 Å². The van der Waals surface area contributed by atoms with Gasteiger partial charge in [-0.05, 0) is 35.6 Å². The van der Waals surface area contributed by atoms with E-state index in [1.54, 1.807) is 13.0 Å². The number of ether oxygens (including phenoxy) is 1. The summed E-state index contributed by atoms with van der Waals surface area (Å²) in [6.07, 6.45) is 0.795. The highest BCUT2D eigenvalue weighted by molar-refractivity contribution is 5.89. The molecule has 0 radical (unpaired) electrons. The average molecular weight is 422 g/mol. The smallest absolute Gasteiger partial charge is 0.407 e. The molecule has 3 rings (SSSR count). The molecule has 2 atom stereocenters. The summed E-state index contributed by atoms with van der Waals surface area (Å²) in [6, 6.07) is 14.4. The number of fused-ring (bicyclic) bond motifs is 3. The van der Waals surface area contributed by atoms with Gasteiger partial charge in [0.2, 0.25) is 5.91 Å². The summed E-state index contributed by atoms with van der Waals surface area (Å²) in [6.45, 7) is 5.45. The summed E-state index contributed by atoms with van der Waals surface area (Å²) in [4.78, 5) is 36.0. The molecule has 2 aromatic carbocycles. The van der Waals surface area contributed by atoms with Crippen molar-refractivity contribution in [2.45, 2.75) is 37.8 Å². The largest absolute Gasteiger partial charge is 0.481 e. The molecule has 0 spiro atoms. The number of carboxylic acids is 1. The Bertz CT molecular complexity index is 942. The predicted octanol–water partition coefficient (Wildman–Crippen LogP) is 3.45. The Morgan fingerprint density at radius 1 is 1.06 bits per heavy atom. The van der Waals surface area contributed by atoms with E-state index >= 15 is 0 Å². The number of amides is 2. The normalized spacial score (nSPS) is 14.0. The van der Waals surface area contributed by atoms with Crippen LogP contribution >= 0.6 is 0 Å². The third kappa shape index (κ3) is 5.31. The Morgan fingerprint density at radius 2 is 1.65 bits per heavy atom. The lowest BCUT2D eigenvalue weighted by atomic mass is 9.98. The van der Waals surface area contributed by atoms with E-state index in [4.69, 9.17) is 9.84 Å². The van der Waals surface area contributed by atoms with Gasteiger partial charge in [0.25, 0.3) is 0 Å². The molecule has 31 heavy (non-hydrogen) atoms. The highest BCUT2D eigenvalue weighted by Gasteiger charge is 2.30. The van der Waals surface area contributed by atoms with E-state index in [1.807, 2.05) is 48.5 Å². The maximum absolute atomic E-state index is 12.4. The molecule has 0 fully saturated rings. The minimum Gasteiger partial charge on any atom is -0.481 e. The van der Waals surface area contributed by atoms with Crippen LogP contribution in [0.15, 0.2) is 61.2 Å². The van der Waals surface area contributed by atoms with Gasteiger partial charge in [0.05, 0.1) is 6.42 Å². The van der Waals surface area contributed by atoms with Crippen molar-refractivity contribution >= 4 is 18.0 Å². The molecule has 0 saturated carbocycles. The van der Waals surface area contributed by atoms with E-state index in [9.17, 15) is 14.4 Å². The van der Waals surface area contributed by atoms with Gasteiger partial charge in [0.15, 0.2) is 0 Å². The number of hydrogen-bond acceptors (Lipinski definition) is 4. The summed E-state index contributed by atoms with van der Waals surface area (Å²) in [5.41, 5.74) is 4.34. The Hall–Kier alpha value is -3.61. The molecule has 0 saturated heterocycles.